The SMILES string of the molecule is COC(C#Cc1ccc(-c2ccc(CC[C@](C)(C(=O)NO)S(C)(=O)=O)cc2)cc1)CO. The third-order valence-corrected chi connectivity index (χ3v) is 7.32. The number of hydrogen-bond acceptors (Lipinski definition) is 6. The molecule has 8 heteroatoms. The highest BCUT2D eigenvalue weighted by Crippen LogP contribution is 2.25. The summed E-state index contributed by atoms with van der Waals surface area (Å²) in [6.07, 6.45) is 0.872. The first-order valence-electron chi connectivity index (χ1n) is 9.63. The zero-order chi connectivity index (χ0) is 23.1. The van der Waals surface area contributed by atoms with Gasteiger partial charge in [-0.2, -0.15) is 0 Å². The smallest absolute Gasteiger partial charge is 0.264 e. The van der Waals surface area contributed by atoms with Gasteiger partial charge in [-0.15, -0.1) is 0 Å². The first-order chi connectivity index (χ1) is 14.6. The van der Waals surface area contributed by atoms with Crippen molar-refractivity contribution in [3.05, 3.63) is 59.7 Å². The molecular weight excluding hydrogens is 418 g/mol. The number of amides is 1. The molecule has 0 saturated carbocycles. The van der Waals surface area contributed by atoms with Crippen molar-refractivity contribution in [2.75, 3.05) is 20.0 Å². The Balaban J connectivity index is 2.11. The van der Waals surface area contributed by atoms with Crippen molar-refractivity contribution < 1.29 is 28.3 Å². The second-order valence-electron chi connectivity index (χ2n) is 7.39. The van der Waals surface area contributed by atoms with E-state index in [4.69, 9.17) is 15.1 Å². The van der Waals surface area contributed by atoms with Gasteiger partial charge in [-0.05, 0) is 48.6 Å². The van der Waals surface area contributed by atoms with Gasteiger partial charge in [0.1, 0.15) is 10.9 Å². The second-order valence-corrected chi connectivity index (χ2v) is 9.84. The molecule has 2 aromatic rings. The molecular formula is C23H27NO6S. The third kappa shape index (κ3) is 6.15. The number of aryl methyl sites for hydroxylation is 1. The summed E-state index contributed by atoms with van der Waals surface area (Å²) in [4.78, 5) is 11.9. The number of carbonyl (C=O) groups excluding carboxylic acids is 1. The normalized spacial score (nSPS) is 14.1. The summed E-state index contributed by atoms with van der Waals surface area (Å²) in [6, 6.07) is 15.2. The van der Waals surface area contributed by atoms with E-state index in [1.807, 2.05) is 48.5 Å². The number of hydrogen-bond donors (Lipinski definition) is 3. The highest BCUT2D eigenvalue weighted by atomic mass is 32.2. The molecule has 2 rings (SSSR count). The van der Waals surface area contributed by atoms with Crippen LogP contribution in [0.5, 0.6) is 0 Å². The molecule has 166 valence electrons. The van der Waals surface area contributed by atoms with Crippen molar-refractivity contribution in [3.8, 4) is 23.0 Å². The Labute approximate surface area is 182 Å². The lowest BCUT2D eigenvalue weighted by Gasteiger charge is -2.25. The summed E-state index contributed by atoms with van der Waals surface area (Å²) in [5.74, 6) is 4.86. The zero-order valence-corrected chi connectivity index (χ0v) is 18.6. The van der Waals surface area contributed by atoms with Crippen molar-refractivity contribution in [3.63, 3.8) is 0 Å². The van der Waals surface area contributed by atoms with E-state index >= 15 is 0 Å². The van der Waals surface area contributed by atoms with Crippen molar-refractivity contribution >= 4 is 15.7 Å². The molecule has 2 atom stereocenters. The number of hydroxylamine groups is 1. The lowest BCUT2D eigenvalue weighted by Crippen LogP contribution is -2.49. The number of aliphatic hydroxyl groups is 1. The van der Waals surface area contributed by atoms with Crippen LogP contribution in [-0.2, 0) is 25.8 Å². The van der Waals surface area contributed by atoms with Gasteiger partial charge in [-0.3, -0.25) is 10.0 Å². The minimum absolute atomic E-state index is 0.0429. The molecule has 1 unspecified atom stereocenters. The predicted octanol–water partition coefficient (Wildman–Crippen LogP) is 1.95. The molecule has 0 aromatic heterocycles. The van der Waals surface area contributed by atoms with Crippen LogP contribution in [0.1, 0.15) is 24.5 Å². The van der Waals surface area contributed by atoms with E-state index in [0.717, 1.165) is 28.5 Å². The molecule has 0 radical (unpaired) electrons. The number of sulfone groups is 1. The quantitative estimate of drug-likeness (QED) is 0.325. The Hall–Kier alpha value is -2.70. The molecule has 0 aliphatic heterocycles. The van der Waals surface area contributed by atoms with Gasteiger partial charge in [0.15, 0.2) is 9.84 Å². The van der Waals surface area contributed by atoms with Crippen LogP contribution in [0.2, 0.25) is 0 Å². The van der Waals surface area contributed by atoms with E-state index in [9.17, 15) is 13.2 Å². The summed E-state index contributed by atoms with van der Waals surface area (Å²) in [7, 11) is -2.23. The lowest BCUT2D eigenvalue weighted by atomic mass is 9.97. The second kappa shape index (κ2) is 10.6. The lowest BCUT2D eigenvalue weighted by molar-refractivity contribution is -0.131. The van der Waals surface area contributed by atoms with E-state index in [1.165, 1.54) is 19.5 Å². The van der Waals surface area contributed by atoms with Crippen molar-refractivity contribution in [1.29, 1.82) is 0 Å². The van der Waals surface area contributed by atoms with Gasteiger partial charge in [0.25, 0.3) is 5.91 Å². The first kappa shape index (κ1) is 24.6. The summed E-state index contributed by atoms with van der Waals surface area (Å²) in [5, 5.41) is 18.0. The zero-order valence-electron chi connectivity index (χ0n) is 17.8. The van der Waals surface area contributed by atoms with E-state index in [-0.39, 0.29) is 13.0 Å². The minimum atomic E-state index is -3.72. The fourth-order valence-corrected chi connectivity index (χ4v) is 3.78. The summed E-state index contributed by atoms with van der Waals surface area (Å²) < 4.78 is 27.4. The predicted molar refractivity (Wildman–Crippen MR) is 118 cm³/mol. The number of ether oxygens (including phenoxy) is 1. The maximum Gasteiger partial charge on any atom is 0.264 e. The van der Waals surface area contributed by atoms with Crippen LogP contribution in [-0.4, -0.2) is 55.5 Å². The van der Waals surface area contributed by atoms with Crippen molar-refractivity contribution in [2.45, 2.75) is 30.6 Å². The maximum absolute atomic E-state index is 12.1. The fraction of sp³-hybridized carbons (Fsp3) is 0.348. The molecule has 0 fully saturated rings. The summed E-state index contributed by atoms with van der Waals surface area (Å²) in [5.41, 5.74) is 5.11. The monoisotopic (exact) mass is 445 g/mol. The van der Waals surface area contributed by atoms with Gasteiger partial charge in [0, 0.05) is 18.9 Å². The van der Waals surface area contributed by atoms with Crippen LogP contribution in [0, 0.1) is 11.8 Å². The summed E-state index contributed by atoms with van der Waals surface area (Å²) in [6.45, 7) is 1.14. The van der Waals surface area contributed by atoms with Crippen LogP contribution < -0.4 is 5.48 Å². The molecule has 0 aliphatic rings. The van der Waals surface area contributed by atoms with E-state index in [0.29, 0.717) is 6.42 Å². The number of methoxy groups -OCH3 is 1. The molecule has 0 heterocycles. The average molecular weight is 446 g/mol. The van der Waals surface area contributed by atoms with Crippen LogP contribution >= 0.6 is 0 Å². The van der Waals surface area contributed by atoms with Crippen LogP contribution in [0.4, 0.5) is 0 Å². The van der Waals surface area contributed by atoms with Gasteiger partial charge >= 0.3 is 0 Å². The van der Waals surface area contributed by atoms with E-state index in [1.54, 1.807) is 0 Å². The Morgan fingerprint density at radius 3 is 2.13 bits per heavy atom. The molecule has 0 bridgehead atoms. The number of carbonyl (C=O) groups is 1. The summed E-state index contributed by atoms with van der Waals surface area (Å²) >= 11 is 0. The molecule has 0 aliphatic carbocycles. The highest BCUT2D eigenvalue weighted by molar-refractivity contribution is 7.92. The van der Waals surface area contributed by atoms with Gasteiger partial charge < -0.3 is 9.84 Å². The molecule has 7 nitrogen and oxygen atoms in total. The van der Waals surface area contributed by atoms with E-state index in [2.05, 4.69) is 11.8 Å². The first-order valence-corrected chi connectivity index (χ1v) is 11.5. The number of aliphatic hydroxyl groups excluding tert-OH is 1. The standard InChI is InChI=1S/C23H27NO6S/c1-23(22(26)24-27,31(3,28)29)15-14-18-6-11-20(12-7-18)19-9-4-17(5-10-19)8-13-21(16-25)30-2/h4-7,9-12,21,25,27H,14-16H2,1-3H3,(H,24,26)/t21?,23-/m1/s1. The Morgan fingerprint density at radius 2 is 1.68 bits per heavy atom. The van der Waals surface area contributed by atoms with Gasteiger partial charge in [0.05, 0.1) is 6.61 Å². The Bertz CT molecular complexity index is 1050. The topological polar surface area (TPSA) is 113 Å². The van der Waals surface area contributed by atoms with Crippen molar-refractivity contribution in [2.24, 2.45) is 0 Å². The third-order valence-electron chi connectivity index (χ3n) is 5.29. The van der Waals surface area contributed by atoms with Crippen molar-refractivity contribution in [1.82, 2.24) is 5.48 Å². The van der Waals surface area contributed by atoms with Gasteiger partial charge in [0.2, 0.25) is 0 Å². The van der Waals surface area contributed by atoms with E-state index < -0.39 is 26.6 Å². The van der Waals surface area contributed by atoms with Gasteiger partial charge in [-0.25, -0.2) is 13.9 Å². The number of benzene rings is 2. The maximum atomic E-state index is 12.1. The van der Waals surface area contributed by atoms with Crippen LogP contribution in [0.3, 0.4) is 0 Å². The Morgan fingerprint density at radius 1 is 1.13 bits per heavy atom. The highest BCUT2D eigenvalue weighted by Gasteiger charge is 2.43. The number of rotatable bonds is 8. The number of nitrogens with one attached hydrogen (secondary N) is 1. The molecule has 31 heavy (non-hydrogen) atoms. The molecule has 2 aromatic carbocycles. The minimum Gasteiger partial charge on any atom is -0.393 e. The van der Waals surface area contributed by atoms with Crippen LogP contribution in [0.25, 0.3) is 11.1 Å². The Kier molecular flexibility index (Phi) is 8.36. The largest absolute Gasteiger partial charge is 0.393 e. The van der Waals surface area contributed by atoms with Crippen LogP contribution in [0.15, 0.2) is 48.5 Å². The fourth-order valence-electron chi connectivity index (χ4n) is 2.92. The average Bonchev–Trinajstić information content (AvgIpc) is 2.77. The van der Waals surface area contributed by atoms with Gasteiger partial charge in [-0.1, -0.05) is 48.2 Å². The molecule has 0 saturated heterocycles. The molecule has 3 N–H and O–H groups in total. The molecule has 1 amide bonds. The molecule has 0 spiro atoms.